The molecule has 0 amide bonds. The van der Waals surface area contributed by atoms with Crippen LogP contribution < -0.4 is 0 Å². The molecule has 1 heteroatoms. The van der Waals surface area contributed by atoms with Gasteiger partial charge in [0.15, 0.2) is 0 Å². The fraction of sp³-hybridized carbons (Fsp3) is 0.429. The van der Waals surface area contributed by atoms with Crippen molar-refractivity contribution in [2.75, 3.05) is 0 Å². The van der Waals surface area contributed by atoms with Gasteiger partial charge in [0.05, 0.1) is 0 Å². The van der Waals surface area contributed by atoms with E-state index in [1.165, 1.54) is 11.1 Å². The summed E-state index contributed by atoms with van der Waals surface area (Å²) in [7, 11) is 0. The van der Waals surface area contributed by atoms with E-state index in [1.807, 2.05) is 6.08 Å². The standard InChI is InChI=1S/C14H18O/c1-11-8-12(2)10-13(9-11)14(15)6-4-3-5-7-14/h4,6,8-10,15H,3,5,7H2,1-2H3. The lowest BCUT2D eigenvalue weighted by Gasteiger charge is -2.28. The van der Waals surface area contributed by atoms with Gasteiger partial charge in [-0.3, -0.25) is 0 Å². The second kappa shape index (κ2) is 3.82. The predicted octanol–water partition coefficient (Wildman–Crippen LogP) is 3.23. The summed E-state index contributed by atoms with van der Waals surface area (Å²) in [6, 6.07) is 6.31. The average Bonchev–Trinajstić information content (AvgIpc) is 2.17. The van der Waals surface area contributed by atoms with Crippen LogP contribution in [-0.2, 0) is 5.60 Å². The molecule has 1 aromatic carbocycles. The molecule has 0 aliphatic heterocycles. The Bertz CT molecular complexity index is 372. The minimum Gasteiger partial charge on any atom is -0.381 e. The molecule has 1 aliphatic rings. The maximum atomic E-state index is 10.5. The molecule has 1 atom stereocenters. The van der Waals surface area contributed by atoms with Gasteiger partial charge in [0.25, 0.3) is 0 Å². The highest BCUT2D eigenvalue weighted by molar-refractivity contribution is 5.35. The Labute approximate surface area is 91.4 Å². The van der Waals surface area contributed by atoms with Crippen molar-refractivity contribution in [2.45, 2.75) is 38.7 Å². The lowest BCUT2D eigenvalue weighted by Crippen LogP contribution is -2.24. The molecule has 0 spiro atoms. The quantitative estimate of drug-likeness (QED) is 0.693. The molecule has 0 bridgehead atoms. The van der Waals surface area contributed by atoms with E-state index in [2.05, 4.69) is 38.1 Å². The number of aryl methyl sites for hydroxylation is 2. The molecular weight excluding hydrogens is 184 g/mol. The smallest absolute Gasteiger partial charge is 0.108 e. The van der Waals surface area contributed by atoms with Crippen molar-refractivity contribution in [3.8, 4) is 0 Å². The minimum absolute atomic E-state index is 0.727. The Morgan fingerprint density at radius 2 is 1.80 bits per heavy atom. The first-order valence-electron chi connectivity index (χ1n) is 5.59. The highest BCUT2D eigenvalue weighted by Crippen LogP contribution is 2.33. The third-order valence-electron chi connectivity index (χ3n) is 3.04. The van der Waals surface area contributed by atoms with Gasteiger partial charge < -0.3 is 5.11 Å². The Morgan fingerprint density at radius 1 is 1.13 bits per heavy atom. The molecule has 1 nitrogen and oxygen atoms in total. The molecule has 2 rings (SSSR count). The number of aliphatic hydroxyl groups is 1. The molecule has 1 aliphatic carbocycles. The molecule has 1 unspecified atom stereocenters. The largest absolute Gasteiger partial charge is 0.381 e. The number of rotatable bonds is 1. The van der Waals surface area contributed by atoms with Crippen molar-refractivity contribution >= 4 is 0 Å². The van der Waals surface area contributed by atoms with Crippen molar-refractivity contribution < 1.29 is 5.11 Å². The Hall–Kier alpha value is -1.08. The zero-order chi connectivity index (χ0) is 10.9. The molecule has 0 heterocycles. The number of benzene rings is 1. The maximum Gasteiger partial charge on any atom is 0.108 e. The van der Waals surface area contributed by atoms with Gasteiger partial charge in [0, 0.05) is 0 Å². The molecule has 80 valence electrons. The van der Waals surface area contributed by atoms with Crippen LogP contribution in [0.5, 0.6) is 0 Å². The molecule has 0 aromatic heterocycles. The number of hydrogen-bond donors (Lipinski definition) is 1. The first-order chi connectivity index (χ1) is 7.10. The molecule has 0 saturated heterocycles. The number of hydrogen-bond acceptors (Lipinski definition) is 1. The van der Waals surface area contributed by atoms with Crippen LogP contribution in [0.2, 0.25) is 0 Å². The average molecular weight is 202 g/mol. The van der Waals surface area contributed by atoms with Crippen LogP contribution in [0, 0.1) is 13.8 Å². The van der Waals surface area contributed by atoms with Gasteiger partial charge in [-0.15, -0.1) is 0 Å². The van der Waals surface area contributed by atoms with Crippen LogP contribution >= 0.6 is 0 Å². The fourth-order valence-electron chi connectivity index (χ4n) is 2.32. The topological polar surface area (TPSA) is 20.2 Å². The van der Waals surface area contributed by atoms with E-state index in [0.29, 0.717) is 0 Å². The van der Waals surface area contributed by atoms with Crippen molar-refractivity contribution in [1.29, 1.82) is 0 Å². The highest BCUT2D eigenvalue weighted by Gasteiger charge is 2.27. The normalized spacial score (nSPS) is 25.5. The summed E-state index contributed by atoms with van der Waals surface area (Å²) >= 11 is 0. The Morgan fingerprint density at radius 3 is 2.33 bits per heavy atom. The van der Waals surface area contributed by atoms with Gasteiger partial charge in [0.1, 0.15) is 5.60 Å². The summed E-state index contributed by atoms with van der Waals surface area (Å²) in [5, 5.41) is 10.5. The second-order valence-corrected chi connectivity index (χ2v) is 4.60. The van der Waals surface area contributed by atoms with Gasteiger partial charge >= 0.3 is 0 Å². The fourth-order valence-corrected chi connectivity index (χ4v) is 2.32. The summed E-state index contributed by atoms with van der Waals surface area (Å²) < 4.78 is 0. The minimum atomic E-state index is -0.727. The third-order valence-corrected chi connectivity index (χ3v) is 3.04. The van der Waals surface area contributed by atoms with E-state index in [0.717, 1.165) is 24.8 Å². The molecular formula is C14H18O. The summed E-state index contributed by atoms with van der Waals surface area (Å²) in [6.07, 6.45) is 7.03. The van der Waals surface area contributed by atoms with E-state index in [4.69, 9.17) is 0 Å². The third kappa shape index (κ3) is 2.13. The predicted molar refractivity (Wildman–Crippen MR) is 62.8 cm³/mol. The Balaban J connectivity index is 2.43. The molecule has 1 N–H and O–H groups in total. The van der Waals surface area contributed by atoms with Crippen molar-refractivity contribution in [2.24, 2.45) is 0 Å². The van der Waals surface area contributed by atoms with Crippen LogP contribution in [-0.4, -0.2) is 5.11 Å². The highest BCUT2D eigenvalue weighted by atomic mass is 16.3. The zero-order valence-electron chi connectivity index (χ0n) is 9.46. The first kappa shape index (κ1) is 10.4. The van der Waals surface area contributed by atoms with Gasteiger partial charge in [0.2, 0.25) is 0 Å². The summed E-state index contributed by atoms with van der Waals surface area (Å²) in [5.74, 6) is 0. The van der Waals surface area contributed by atoms with Crippen LogP contribution in [0.3, 0.4) is 0 Å². The summed E-state index contributed by atoms with van der Waals surface area (Å²) in [5.41, 5.74) is 2.75. The van der Waals surface area contributed by atoms with E-state index < -0.39 is 5.60 Å². The van der Waals surface area contributed by atoms with Crippen LogP contribution in [0.1, 0.15) is 36.0 Å². The van der Waals surface area contributed by atoms with E-state index in [1.54, 1.807) is 0 Å². The number of allylic oxidation sites excluding steroid dienone is 1. The zero-order valence-corrected chi connectivity index (χ0v) is 9.46. The molecule has 15 heavy (non-hydrogen) atoms. The Kier molecular flexibility index (Phi) is 2.66. The van der Waals surface area contributed by atoms with Crippen LogP contribution in [0.4, 0.5) is 0 Å². The van der Waals surface area contributed by atoms with Gasteiger partial charge in [-0.1, -0.05) is 41.5 Å². The monoisotopic (exact) mass is 202 g/mol. The van der Waals surface area contributed by atoms with E-state index in [-0.39, 0.29) is 0 Å². The van der Waals surface area contributed by atoms with Crippen molar-refractivity contribution in [3.63, 3.8) is 0 Å². The SMILES string of the molecule is Cc1cc(C)cc(C2(O)C=CCCC2)c1. The van der Waals surface area contributed by atoms with E-state index >= 15 is 0 Å². The van der Waals surface area contributed by atoms with Gasteiger partial charge in [-0.25, -0.2) is 0 Å². The van der Waals surface area contributed by atoms with E-state index in [9.17, 15) is 5.11 Å². The first-order valence-corrected chi connectivity index (χ1v) is 5.59. The summed E-state index contributed by atoms with van der Waals surface area (Å²) in [6.45, 7) is 4.15. The molecule has 0 fully saturated rings. The molecule has 0 saturated carbocycles. The van der Waals surface area contributed by atoms with Gasteiger partial charge in [-0.2, -0.15) is 0 Å². The summed E-state index contributed by atoms with van der Waals surface area (Å²) in [4.78, 5) is 0. The maximum absolute atomic E-state index is 10.5. The van der Waals surface area contributed by atoms with Gasteiger partial charge in [-0.05, 0) is 38.7 Å². The van der Waals surface area contributed by atoms with Crippen LogP contribution in [0.15, 0.2) is 30.4 Å². The lowest BCUT2D eigenvalue weighted by atomic mass is 9.83. The second-order valence-electron chi connectivity index (χ2n) is 4.60. The van der Waals surface area contributed by atoms with Crippen molar-refractivity contribution in [3.05, 3.63) is 47.0 Å². The molecule has 0 radical (unpaired) electrons. The van der Waals surface area contributed by atoms with Crippen LogP contribution in [0.25, 0.3) is 0 Å². The molecule has 1 aromatic rings. The van der Waals surface area contributed by atoms with Crippen molar-refractivity contribution in [1.82, 2.24) is 0 Å². The lowest BCUT2D eigenvalue weighted by molar-refractivity contribution is 0.0725.